The number of hydrogen-bond acceptors (Lipinski definition) is 4. The van der Waals surface area contributed by atoms with Crippen LogP contribution >= 0.6 is 0 Å². The third-order valence-corrected chi connectivity index (χ3v) is 3.91. The Morgan fingerprint density at radius 1 is 1.38 bits per heavy atom. The number of hydrogen-bond donors (Lipinski definition) is 1. The first-order valence-electron chi connectivity index (χ1n) is 7.48. The van der Waals surface area contributed by atoms with Crippen molar-refractivity contribution in [2.45, 2.75) is 19.1 Å². The lowest BCUT2D eigenvalue weighted by Gasteiger charge is -2.33. The molecule has 24 heavy (non-hydrogen) atoms. The smallest absolute Gasteiger partial charge is 0.332 e. The Balaban J connectivity index is 1.84. The molecule has 128 valence electrons. The van der Waals surface area contributed by atoms with Crippen molar-refractivity contribution in [1.82, 2.24) is 25.2 Å². The third kappa shape index (κ3) is 3.25. The van der Waals surface area contributed by atoms with Crippen molar-refractivity contribution in [3.8, 4) is 5.69 Å². The zero-order chi connectivity index (χ0) is 17.3. The molecular formula is C15H16F3N5O. The number of carbonyl (C=O) groups is 1. The van der Waals surface area contributed by atoms with Crippen molar-refractivity contribution >= 4 is 5.91 Å². The minimum Gasteiger partial charge on any atom is -0.332 e. The summed E-state index contributed by atoms with van der Waals surface area (Å²) in [5, 5.41) is 10.8. The van der Waals surface area contributed by atoms with Crippen LogP contribution in [-0.4, -0.2) is 51.5 Å². The number of aromatic nitrogens is 3. The lowest BCUT2D eigenvalue weighted by Crippen LogP contribution is -2.52. The first-order chi connectivity index (χ1) is 11.4. The van der Waals surface area contributed by atoms with Crippen molar-refractivity contribution in [2.75, 3.05) is 19.6 Å². The van der Waals surface area contributed by atoms with Crippen molar-refractivity contribution in [3.63, 3.8) is 0 Å². The molecule has 1 N–H and O–H groups in total. The van der Waals surface area contributed by atoms with E-state index < -0.39 is 11.7 Å². The second-order valence-electron chi connectivity index (χ2n) is 5.65. The third-order valence-electron chi connectivity index (χ3n) is 3.91. The lowest BCUT2D eigenvalue weighted by atomic mass is 10.2. The Bertz CT molecular complexity index is 743. The van der Waals surface area contributed by atoms with Gasteiger partial charge in [0.15, 0.2) is 5.69 Å². The quantitative estimate of drug-likeness (QED) is 0.905. The van der Waals surface area contributed by atoms with E-state index in [0.29, 0.717) is 19.6 Å². The lowest BCUT2D eigenvalue weighted by molar-refractivity contribution is -0.137. The second-order valence-corrected chi connectivity index (χ2v) is 5.65. The van der Waals surface area contributed by atoms with Crippen LogP contribution in [0.2, 0.25) is 0 Å². The monoisotopic (exact) mass is 339 g/mol. The standard InChI is InChI=1S/C15H16F3N5O/c1-10-8-19-5-6-22(10)14(24)13-9-23(21-20-13)12-4-2-3-11(7-12)15(16,17)18/h2-4,7,9-10,19H,5-6,8H2,1H3/t10-/m0/s1. The molecule has 2 aromatic rings. The van der Waals surface area contributed by atoms with E-state index in [1.807, 2.05) is 6.92 Å². The predicted octanol–water partition coefficient (Wildman–Crippen LogP) is 1.72. The van der Waals surface area contributed by atoms with Crippen LogP contribution in [0.1, 0.15) is 23.0 Å². The molecule has 0 saturated carbocycles. The topological polar surface area (TPSA) is 63.1 Å². The Labute approximate surface area is 136 Å². The largest absolute Gasteiger partial charge is 0.416 e. The van der Waals surface area contributed by atoms with Crippen molar-refractivity contribution in [1.29, 1.82) is 0 Å². The number of nitrogens with zero attached hydrogens (tertiary/aromatic N) is 4. The van der Waals surface area contributed by atoms with Gasteiger partial charge < -0.3 is 10.2 Å². The highest BCUT2D eigenvalue weighted by Gasteiger charge is 2.31. The van der Waals surface area contributed by atoms with Gasteiger partial charge in [-0.2, -0.15) is 13.2 Å². The molecule has 1 atom stereocenters. The van der Waals surface area contributed by atoms with E-state index in [9.17, 15) is 18.0 Å². The summed E-state index contributed by atoms with van der Waals surface area (Å²) in [5.74, 6) is -0.276. The summed E-state index contributed by atoms with van der Waals surface area (Å²) in [6.45, 7) is 3.85. The van der Waals surface area contributed by atoms with Crippen LogP contribution in [0.4, 0.5) is 13.2 Å². The summed E-state index contributed by atoms with van der Waals surface area (Å²) in [5.41, 5.74) is -0.468. The van der Waals surface area contributed by atoms with Gasteiger partial charge in [-0.3, -0.25) is 4.79 Å². The molecule has 1 saturated heterocycles. The molecule has 1 aromatic carbocycles. The van der Waals surface area contributed by atoms with Crippen molar-refractivity contribution < 1.29 is 18.0 Å². The minimum absolute atomic E-state index is 0.0185. The summed E-state index contributed by atoms with van der Waals surface area (Å²) >= 11 is 0. The van der Waals surface area contributed by atoms with Crippen LogP contribution in [0.5, 0.6) is 0 Å². The van der Waals surface area contributed by atoms with E-state index in [-0.39, 0.29) is 23.3 Å². The molecule has 1 aromatic heterocycles. The first-order valence-corrected chi connectivity index (χ1v) is 7.48. The molecule has 1 fully saturated rings. The van der Waals surface area contributed by atoms with Gasteiger partial charge >= 0.3 is 6.18 Å². The van der Waals surface area contributed by atoms with Gasteiger partial charge in [0.2, 0.25) is 0 Å². The zero-order valence-corrected chi connectivity index (χ0v) is 12.9. The molecular weight excluding hydrogens is 323 g/mol. The number of carbonyl (C=O) groups excluding carboxylic acids is 1. The van der Waals surface area contributed by atoms with Crippen molar-refractivity contribution in [2.24, 2.45) is 0 Å². The molecule has 0 unspecified atom stereocenters. The fourth-order valence-electron chi connectivity index (χ4n) is 2.60. The van der Waals surface area contributed by atoms with E-state index in [0.717, 1.165) is 12.1 Å². The molecule has 1 amide bonds. The second kappa shape index (κ2) is 6.23. The van der Waals surface area contributed by atoms with Gasteiger partial charge in [-0.25, -0.2) is 4.68 Å². The van der Waals surface area contributed by atoms with Gasteiger partial charge in [-0.05, 0) is 25.1 Å². The Morgan fingerprint density at radius 2 is 2.17 bits per heavy atom. The fraction of sp³-hybridized carbons (Fsp3) is 0.400. The number of benzene rings is 1. The number of piperazine rings is 1. The molecule has 0 bridgehead atoms. The number of rotatable bonds is 2. The van der Waals surface area contributed by atoms with Crippen LogP contribution in [0.3, 0.4) is 0 Å². The molecule has 6 nitrogen and oxygen atoms in total. The number of amides is 1. The fourth-order valence-corrected chi connectivity index (χ4v) is 2.60. The minimum atomic E-state index is -4.44. The van der Waals surface area contributed by atoms with Crippen LogP contribution in [-0.2, 0) is 6.18 Å². The van der Waals surface area contributed by atoms with E-state index in [1.165, 1.54) is 23.0 Å². The maximum Gasteiger partial charge on any atom is 0.416 e. The highest BCUT2D eigenvalue weighted by atomic mass is 19.4. The first kappa shape index (κ1) is 16.4. The molecule has 0 aliphatic carbocycles. The van der Waals surface area contributed by atoms with Crippen LogP contribution < -0.4 is 5.32 Å². The van der Waals surface area contributed by atoms with Crippen molar-refractivity contribution in [3.05, 3.63) is 41.7 Å². The maximum absolute atomic E-state index is 12.8. The SMILES string of the molecule is C[C@H]1CNCCN1C(=O)c1cn(-c2cccc(C(F)(F)F)c2)nn1. The van der Waals surface area contributed by atoms with E-state index >= 15 is 0 Å². The van der Waals surface area contributed by atoms with E-state index in [2.05, 4.69) is 15.6 Å². The summed E-state index contributed by atoms with van der Waals surface area (Å²) in [4.78, 5) is 14.2. The Hall–Kier alpha value is -2.42. The number of nitrogens with one attached hydrogen (secondary N) is 1. The molecule has 0 radical (unpaired) electrons. The molecule has 3 rings (SSSR count). The van der Waals surface area contributed by atoms with Gasteiger partial charge in [-0.1, -0.05) is 11.3 Å². The van der Waals surface area contributed by atoms with E-state index in [1.54, 1.807) is 4.90 Å². The van der Waals surface area contributed by atoms with Gasteiger partial charge in [0.05, 0.1) is 17.4 Å². The summed E-state index contributed by atoms with van der Waals surface area (Å²) < 4.78 is 39.5. The molecule has 0 spiro atoms. The number of halogens is 3. The van der Waals surface area contributed by atoms with Gasteiger partial charge in [0, 0.05) is 25.7 Å². The average molecular weight is 339 g/mol. The molecule has 1 aliphatic rings. The Kier molecular flexibility index (Phi) is 4.27. The van der Waals surface area contributed by atoms with E-state index in [4.69, 9.17) is 0 Å². The Morgan fingerprint density at radius 3 is 2.88 bits per heavy atom. The zero-order valence-electron chi connectivity index (χ0n) is 12.9. The molecule has 2 heterocycles. The normalized spacial score (nSPS) is 18.7. The average Bonchev–Trinajstić information content (AvgIpc) is 3.04. The highest BCUT2D eigenvalue weighted by Crippen LogP contribution is 2.30. The van der Waals surface area contributed by atoms with Crippen LogP contribution in [0.25, 0.3) is 5.69 Å². The molecule has 1 aliphatic heterocycles. The number of alkyl halides is 3. The van der Waals surface area contributed by atoms with Gasteiger partial charge in [0.1, 0.15) is 0 Å². The predicted molar refractivity (Wildman–Crippen MR) is 79.7 cm³/mol. The summed E-state index contributed by atoms with van der Waals surface area (Å²) in [6, 6.07) is 4.74. The van der Waals surface area contributed by atoms with Gasteiger partial charge in [-0.15, -0.1) is 5.10 Å². The van der Waals surface area contributed by atoms with Crippen LogP contribution in [0, 0.1) is 0 Å². The summed E-state index contributed by atoms with van der Waals surface area (Å²) in [7, 11) is 0. The molecule has 9 heteroatoms. The highest BCUT2D eigenvalue weighted by molar-refractivity contribution is 5.92. The maximum atomic E-state index is 12.8. The van der Waals surface area contributed by atoms with Crippen LogP contribution in [0.15, 0.2) is 30.5 Å². The summed E-state index contributed by atoms with van der Waals surface area (Å²) in [6.07, 6.45) is -3.09. The van der Waals surface area contributed by atoms with Gasteiger partial charge in [0.25, 0.3) is 5.91 Å².